The van der Waals surface area contributed by atoms with Crippen molar-refractivity contribution >= 4 is 46.1 Å². The van der Waals surface area contributed by atoms with E-state index in [-0.39, 0.29) is 11.8 Å². The fourth-order valence-corrected chi connectivity index (χ4v) is 7.71. The van der Waals surface area contributed by atoms with Gasteiger partial charge in [0, 0.05) is 11.3 Å². The van der Waals surface area contributed by atoms with Gasteiger partial charge < -0.3 is 10.6 Å². The van der Waals surface area contributed by atoms with Crippen LogP contribution >= 0.6 is 22.9 Å². The van der Waals surface area contributed by atoms with Crippen LogP contribution in [-0.2, 0) is 5.41 Å². The lowest BCUT2D eigenvalue weighted by atomic mass is 9.48. The Morgan fingerprint density at radius 2 is 1.53 bits per heavy atom. The van der Waals surface area contributed by atoms with Crippen molar-refractivity contribution in [2.24, 2.45) is 17.8 Å². The zero-order chi connectivity index (χ0) is 23.3. The first kappa shape index (κ1) is 21.9. The van der Waals surface area contributed by atoms with Crippen LogP contribution in [0.15, 0.2) is 60.0 Å². The van der Waals surface area contributed by atoms with Crippen molar-refractivity contribution in [2.75, 3.05) is 10.6 Å². The summed E-state index contributed by atoms with van der Waals surface area (Å²) >= 11 is 7.62. The highest BCUT2D eigenvalue weighted by molar-refractivity contribution is 7.12. The van der Waals surface area contributed by atoms with Gasteiger partial charge in [0.05, 0.1) is 15.6 Å². The molecule has 4 aliphatic rings. The summed E-state index contributed by atoms with van der Waals surface area (Å²) < 4.78 is 0. The fraction of sp³-hybridized carbons (Fsp3) is 0.357. The molecule has 1 aromatic heterocycles. The molecule has 2 N–H and O–H groups in total. The SMILES string of the molecule is O=C(Nc1ccc(C23CC4CC(CC(C4)C2)C3)cc1)c1ccc(Cl)c(NC(=O)c2cccs2)c1. The van der Waals surface area contributed by atoms with E-state index in [4.69, 9.17) is 11.6 Å². The normalized spacial score (nSPS) is 26.9. The highest BCUT2D eigenvalue weighted by Crippen LogP contribution is 2.60. The van der Waals surface area contributed by atoms with E-state index in [0.717, 1.165) is 23.4 Å². The van der Waals surface area contributed by atoms with Crippen LogP contribution in [0.3, 0.4) is 0 Å². The highest BCUT2D eigenvalue weighted by Gasteiger charge is 2.51. The molecule has 0 saturated heterocycles. The van der Waals surface area contributed by atoms with Crippen LogP contribution in [0.1, 0.15) is 64.1 Å². The molecule has 0 unspecified atom stereocenters. The van der Waals surface area contributed by atoms with Gasteiger partial charge in [0.2, 0.25) is 0 Å². The Kier molecular flexibility index (Phi) is 5.50. The van der Waals surface area contributed by atoms with Crippen molar-refractivity contribution in [3.05, 3.63) is 81.0 Å². The number of carbonyl (C=O) groups excluding carboxylic acids is 2. The molecule has 1 heterocycles. The van der Waals surface area contributed by atoms with E-state index in [1.165, 1.54) is 55.4 Å². The second-order valence-electron chi connectivity index (χ2n) is 10.4. The number of halogens is 1. The molecule has 4 fully saturated rings. The molecule has 3 aromatic rings. The molecule has 0 atom stereocenters. The molecular formula is C28H27ClN2O2S. The topological polar surface area (TPSA) is 58.2 Å². The number of benzene rings is 2. The van der Waals surface area contributed by atoms with Crippen molar-refractivity contribution in [2.45, 2.75) is 43.9 Å². The number of amides is 2. The van der Waals surface area contributed by atoms with Crippen molar-refractivity contribution in [1.82, 2.24) is 0 Å². The third-order valence-electron chi connectivity index (χ3n) is 8.02. The first-order valence-corrected chi connectivity index (χ1v) is 13.3. The van der Waals surface area contributed by atoms with E-state index in [0.29, 0.717) is 26.6 Å². The van der Waals surface area contributed by atoms with E-state index in [9.17, 15) is 9.59 Å². The molecule has 7 rings (SSSR count). The predicted octanol–water partition coefficient (Wildman–Crippen LogP) is 7.37. The first-order valence-electron chi connectivity index (χ1n) is 12.0. The van der Waals surface area contributed by atoms with E-state index < -0.39 is 0 Å². The molecule has 2 aromatic carbocycles. The quantitative estimate of drug-likeness (QED) is 0.392. The molecule has 0 aliphatic heterocycles. The number of anilines is 2. The highest BCUT2D eigenvalue weighted by atomic mass is 35.5. The van der Waals surface area contributed by atoms with Crippen molar-refractivity contribution < 1.29 is 9.59 Å². The van der Waals surface area contributed by atoms with Crippen LogP contribution < -0.4 is 10.6 Å². The van der Waals surface area contributed by atoms with Crippen LogP contribution in [0, 0.1) is 17.8 Å². The van der Waals surface area contributed by atoms with Crippen molar-refractivity contribution in [3.8, 4) is 0 Å². The summed E-state index contributed by atoms with van der Waals surface area (Å²) in [7, 11) is 0. The molecule has 4 saturated carbocycles. The van der Waals surface area contributed by atoms with Gasteiger partial charge in [-0.2, -0.15) is 0 Å². The minimum atomic E-state index is -0.241. The molecule has 2 amide bonds. The average molecular weight is 491 g/mol. The third-order valence-corrected chi connectivity index (χ3v) is 9.21. The number of hydrogen-bond donors (Lipinski definition) is 2. The second kappa shape index (κ2) is 8.54. The zero-order valence-corrected chi connectivity index (χ0v) is 20.4. The van der Waals surface area contributed by atoms with Gasteiger partial charge in [0.25, 0.3) is 11.8 Å². The van der Waals surface area contributed by atoms with Crippen molar-refractivity contribution in [3.63, 3.8) is 0 Å². The molecule has 4 bridgehead atoms. The number of thiophene rings is 1. The molecule has 34 heavy (non-hydrogen) atoms. The Bertz CT molecular complexity index is 1200. The number of carbonyl (C=O) groups is 2. The Balaban J connectivity index is 1.16. The lowest BCUT2D eigenvalue weighted by Crippen LogP contribution is -2.48. The Morgan fingerprint density at radius 1 is 0.853 bits per heavy atom. The van der Waals surface area contributed by atoms with Crippen molar-refractivity contribution in [1.29, 1.82) is 0 Å². The summed E-state index contributed by atoms with van der Waals surface area (Å²) in [6, 6.07) is 17.0. The Hall–Kier alpha value is -2.63. The maximum absolute atomic E-state index is 12.9. The molecule has 6 heteroatoms. The standard InChI is InChI=1S/C28H27ClN2O2S/c29-23-8-3-20(13-24(23)31-27(33)25-2-1-9-34-25)26(32)30-22-6-4-21(5-7-22)28-14-17-10-18(15-28)12-19(11-17)16-28/h1-9,13,17-19H,10-12,14-16H2,(H,30,32)(H,31,33). The Labute approximate surface area is 208 Å². The van der Waals surface area contributed by atoms with Gasteiger partial charge in [-0.1, -0.05) is 29.8 Å². The van der Waals surface area contributed by atoms with Crippen LogP contribution in [0.25, 0.3) is 0 Å². The smallest absolute Gasteiger partial charge is 0.265 e. The summed E-state index contributed by atoms with van der Waals surface area (Å²) in [4.78, 5) is 25.9. The van der Waals surface area contributed by atoms with Gasteiger partial charge in [-0.25, -0.2) is 0 Å². The van der Waals surface area contributed by atoms with Crippen LogP contribution in [0.4, 0.5) is 11.4 Å². The maximum atomic E-state index is 12.9. The zero-order valence-electron chi connectivity index (χ0n) is 18.9. The molecular weight excluding hydrogens is 464 g/mol. The van der Waals surface area contributed by atoms with E-state index in [2.05, 4.69) is 22.8 Å². The molecule has 0 spiro atoms. The molecule has 4 aliphatic carbocycles. The minimum absolute atomic E-state index is 0.231. The predicted molar refractivity (Wildman–Crippen MR) is 138 cm³/mol. The van der Waals surface area contributed by atoms with Crippen LogP contribution in [-0.4, -0.2) is 11.8 Å². The summed E-state index contributed by atoms with van der Waals surface area (Å²) in [5, 5.41) is 8.03. The summed E-state index contributed by atoms with van der Waals surface area (Å²) in [5.74, 6) is 2.25. The van der Waals surface area contributed by atoms with Crippen LogP contribution in [0.5, 0.6) is 0 Å². The monoisotopic (exact) mass is 490 g/mol. The van der Waals surface area contributed by atoms with Crippen LogP contribution in [0.2, 0.25) is 5.02 Å². The Morgan fingerprint density at radius 3 is 2.15 bits per heavy atom. The van der Waals surface area contributed by atoms with Gasteiger partial charge in [-0.05, 0) is 109 Å². The number of rotatable bonds is 5. The minimum Gasteiger partial charge on any atom is -0.322 e. The van der Waals surface area contributed by atoms with Gasteiger partial charge in [0.15, 0.2) is 0 Å². The van der Waals surface area contributed by atoms with Gasteiger partial charge in [-0.3, -0.25) is 9.59 Å². The first-order chi connectivity index (χ1) is 16.5. The van der Waals surface area contributed by atoms with E-state index in [1.54, 1.807) is 24.3 Å². The average Bonchev–Trinajstić information content (AvgIpc) is 3.35. The summed E-state index contributed by atoms with van der Waals surface area (Å²) in [5.41, 5.74) is 3.43. The molecule has 174 valence electrons. The van der Waals surface area contributed by atoms with Gasteiger partial charge >= 0.3 is 0 Å². The second-order valence-corrected chi connectivity index (χ2v) is 11.7. The number of hydrogen-bond acceptors (Lipinski definition) is 3. The van der Waals surface area contributed by atoms with E-state index >= 15 is 0 Å². The lowest BCUT2D eigenvalue weighted by molar-refractivity contribution is -0.00518. The number of nitrogens with one attached hydrogen (secondary N) is 2. The lowest BCUT2D eigenvalue weighted by Gasteiger charge is -2.57. The maximum Gasteiger partial charge on any atom is 0.265 e. The largest absolute Gasteiger partial charge is 0.322 e. The molecule has 4 nitrogen and oxygen atoms in total. The van der Waals surface area contributed by atoms with E-state index in [1.807, 2.05) is 23.6 Å². The summed E-state index contributed by atoms with van der Waals surface area (Å²) in [6.45, 7) is 0. The van der Waals surface area contributed by atoms with Gasteiger partial charge in [0.1, 0.15) is 0 Å². The fourth-order valence-electron chi connectivity index (χ4n) is 6.93. The third kappa shape index (κ3) is 4.05. The van der Waals surface area contributed by atoms with Gasteiger partial charge in [-0.15, -0.1) is 11.3 Å². The summed E-state index contributed by atoms with van der Waals surface area (Å²) in [6.07, 6.45) is 8.29. The molecule has 0 radical (unpaired) electrons.